The first-order valence-electron chi connectivity index (χ1n) is 10.1. The van der Waals surface area contributed by atoms with Gasteiger partial charge in [-0.1, -0.05) is 48.5 Å². The zero-order valence-electron chi connectivity index (χ0n) is 16.3. The predicted octanol–water partition coefficient (Wildman–Crippen LogP) is 3.09. The van der Waals surface area contributed by atoms with E-state index in [0.717, 1.165) is 22.3 Å². The van der Waals surface area contributed by atoms with Crippen LogP contribution in [0.2, 0.25) is 0 Å². The molecule has 0 saturated heterocycles. The van der Waals surface area contributed by atoms with Crippen LogP contribution in [0.1, 0.15) is 39.9 Å². The summed E-state index contributed by atoms with van der Waals surface area (Å²) >= 11 is 0. The number of anilines is 2. The minimum atomic E-state index is -0.587. The lowest BCUT2D eigenvalue weighted by atomic mass is 10.1. The normalized spacial score (nSPS) is 24.0. The van der Waals surface area contributed by atoms with E-state index < -0.39 is 12.2 Å². The Balaban J connectivity index is 1.43. The molecule has 5 rings (SSSR count). The van der Waals surface area contributed by atoms with Gasteiger partial charge in [0.1, 0.15) is 17.7 Å². The fourth-order valence-electron chi connectivity index (χ4n) is 4.54. The molecule has 6 nitrogen and oxygen atoms in total. The molecule has 6 heteroatoms. The Morgan fingerprint density at radius 3 is 1.97 bits per heavy atom. The maximum atomic E-state index is 10.6. The number of benzene rings is 2. The van der Waals surface area contributed by atoms with Crippen molar-refractivity contribution in [2.24, 2.45) is 0 Å². The van der Waals surface area contributed by atoms with Crippen molar-refractivity contribution in [3.63, 3.8) is 0 Å². The summed E-state index contributed by atoms with van der Waals surface area (Å²) in [5.41, 5.74) is 4.71. The molecule has 0 spiro atoms. The first kappa shape index (κ1) is 18.6. The van der Waals surface area contributed by atoms with E-state index in [0.29, 0.717) is 30.0 Å². The lowest BCUT2D eigenvalue weighted by Gasteiger charge is -2.22. The Kier molecular flexibility index (Phi) is 4.62. The molecule has 0 bridgehead atoms. The van der Waals surface area contributed by atoms with Gasteiger partial charge in [-0.15, -0.1) is 0 Å². The van der Waals surface area contributed by atoms with Crippen LogP contribution in [0, 0.1) is 11.3 Å². The van der Waals surface area contributed by atoms with Crippen LogP contribution in [-0.2, 0) is 12.8 Å². The number of pyridine rings is 1. The molecule has 3 aromatic rings. The Bertz CT molecular complexity index is 1140. The van der Waals surface area contributed by atoms with E-state index >= 15 is 0 Å². The Morgan fingerprint density at radius 2 is 1.37 bits per heavy atom. The summed E-state index contributed by atoms with van der Waals surface area (Å²) in [6.45, 7) is 0. The van der Waals surface area contributed by atoms with Crippen LogP contribution in [-0.4, -0.2) is 27.4 Å². The standard InChI is InChI=1S/C24H22N4O2/c25-13-16-9-10-21(26-22-17-7-3-1-5-14(17)11-19(22)29)27-24(16)28-23-18-8-4-2-6-15(18)12-20(23)30/h1-10,19-20,22-23,29-30H,11-12H2,(H2,26,27,28)/t19-,20+,22+,23+/m0/s1. The minimum absolute atomic E-state index is 0.257. The quantitative estimate of drug-likeness (QED) is 0.539. The van der Waals surface area contributed by atoms with Crippen LogP contribution in [0.4, 0.5) is 11.6 Å². The van der Waals surface area contributed by atoms with Crippen LogP contribution in [0.25, 0.3) is 0 Å². The topological polar surface area (TPSA) is 101 Å². The number of nitriles is 1. The van der Waals surface area contributed by atoms with Crippen molar-refractivity contribution in [1.29, 1.82) is 5.26 Å². The van der Waals surface area contributed by atoms with E-state index in [2.05, 4.69) is 21.7 Å². The van der Waals surface area contributed by atoms with E-state index in [1.54, 1.807) is 12.1 Å². The van der Waals surface area contributed by atoms with Crippen molar-refractivity contribution < 1.29 is 10.2 Å². The molecule has 30 heavy (non-hydrogen) atoms. The summed E-state index contributed by atoms with van der Waals surface area (Å²) < 4.78 is 0. The van der Waals surface area contributed by atoms with Crippen molar-refractivity contribution in [3.8, 4) is 6.07 Å². The smallest absolute Gasteiger partial charge is 0.146 e. The summed E-state index contributed by atoms with van der Waals surface area (Å²) in [5, 5.41) is 37.2. The number of aliphatic hydroxyl groups is 2. The number of hydrogen-bond donors (Lipinski definition) is 4. The number of fused-ring (bicyclic) bond motifs is 2. The first-order valence-corrected chi connectivity index (χ1v) is 10.1. The molecule has 0 unspecified atom stereocenters. The maximum absolute atomic E-state index is 10.6. The second-order valence-electron chi connectivity index (χ2n) is 7.89. The number of hydrogen-bond acceptors (Lipinski definition) is 6. The molecule has 1 aromatic heterocycles. The first-order chi connectivity index (χ1) is 14.6. The molecule has 4 atom stereocenters. The third-order valence-electron chi connectivity index (χ3n) is 6.02. The third kappa shape index (κ3) is 3.18. The van der Waals surface area contributed by atoms with Crippen molar-refractivity contribution in [3.05, 3.63) is 88.5 Å². The highest BCUT2D eigenvalue weighted by molar-refractivity contribution is 5.59. The average molecular weight is 398 g/mol. The van der Waals surface area contributed by atoms with Gasteiger partial charge in [-0.25, -0.2) is 4.98 Å². The van der Waals surface area contributed by atoms with Crippen LogP contribution in [0.3, 0.4) is 0 Å². The van der Waals surface area contributed by atoms with E-state index in [1.807, 2.05) is 48.5 Å². The summed E-state index contributed by atoms with van der Waals surface area (Å²) in [5.74, 6) is 0.988. The van der Waals surface area contributed by atoms with Gasteiger partial charge in [-0.3, -0.25) is 0 Å². The van der Waals surface area contributed by atoms with Crippen LogP contribution >= 0.6 is 0 Å². The van der Waals surface area contributed by atoms with Gasteiger partial charge in [-0.05, 0) is 34.4 Å². The van der Waals surface area contributed by atoms with Gasteiger partial charge in [0.2, 0.25) is 0 Å². The maximum Gasteiger partial charge on any atom is 0.146 e. The number of nitrogens with zero attached hydrogens (tertiary/aromatic N) is 2. The number of aliphatic hydroxyl groups excluding tert-OH is 2. The van der Waals surface area contributed by atoms with Crippen molar-refractivity contribution in [1.82, 2.24) is 4.98 Å². The van der Waals surface area contributed by atoms with E-state index in [1.165, 1.54) is 0 Å². The van der Waals surface area contributed by atoms with Crippen LogP contribution in [0.15, 0.2) is 60.7 Å². The van der Waals surface area contributed by atoms with Crippen molar-refractivity contribution in [2.45, 2.75) is 37.1 Å². The zero-order chi connectivity index (χ0) is 20.7. The molecule has 0 saturated carbocycles. The monoisotopic (exact) mass is 398 g/mol. The van der Waals surface area contributed by atoms with Crippen molar-refractivity contribution in [2.75, 3.05) is 10.6 Å². The number of nitrogens with one attached hydrogen (secondary N) is 2. The lowest BCUT2D eigenvalue weighted by molar-refractivity contribution is 0.165. The Labute approximate surface area is 174 Å². The van der Waals surface area contributed by atoms with Gasteiger partial charge in [0.15, 0.2) is 0 Å². The van der Waals surface area contributed by atoms with E-state index in [9.17, 15) is 15.5 Å². The van der Waals surface area contributed by atoms with Gasteiger partial charge >= 0.3 is 0 Å². The largest absolute Gasteiger partial charge is 0.390 e. The molecule has 0 aliphatic heterocycles. The van der Waals surface area contributed by atoms with E-state index in [-0.39, 0.29) is 12.1 Å². The average Bonchev–Trinajstić information content (AvgIpc) is 3.24. The van der Waals surface area contributed by atoms with Crippen molar-refractivity contribution >= 4 is 11.6 Å². The molecule has 150 valence electrons. The SMILES string of the molecule is N#Cc1ccc(N[C@@H]2c3ccccc3C[C@@H]2O)nc1N[C@@H]1c2ccccc2C[C@H]1O. The molecule has 0 fully saturated rings. The van der Waals surface area contributed by atoms with Crippen LogP contribution in [0.5, 0.6) is 0 Å². The fraction of sp³-hybridized carbons (Fsp3) is 0.250. The van der Waals surface area contributed by atoms with E-state index in [4.69, 9.17) is 0 Å². The predicted molar refractivity (Wildman–Crippen MR) is 114 cm³/mol. The van der Waals surface area contributed by atoms with Gasteiger partial charge < -0.3 is 20.8 Å². The summed E-state index contributed by atoms with van der Waals surface area (Å²) in [6, 6.07) is 20.9. The minimum Gasteiger partial charge on any atom is -0.390 e. The summed E-state index contributed by atoms with van der Waals surface area (Å²) in [7, 11) is 0. The van der Waals surface area contributed by atoms with Gasteiger partial charge in [-0.2, -0.15) is 5.26 Å². The Morgan fingerprint density at radius 1 is 0.800 bits per heavy atom. The molecule has 0 amide bonds. The number of aromatic nitrogens is 1. The molecule has 1 heterocycles. The molecule has 2 aliphatic carbocycles. The fourth-order valence-corrected chi connectivity index (χ4v) is 4.54. The highest BCUT2D eigenvalue weighted by atomic mass is 16.3. The number of rotatable bonds is 4. The summed E-state index contributed by atoms with van der Waals surface area (Å²) in [4.78, 5) is 4.62. The molecular formula is C24H22N4O2. The second-order valence-corrected chi connectivity index (χ2v) is 7.89. The van der Waals surface area contributed by atoms with Gasteiger partial charge in [0.25, 0.3) is 0 Å². The molecule has 0 radical (unpaired) electrons. The van der Waals surface area contributed by atoms with Crippen LogP contribution < -0.4 is 10.6 Å². The lowest BCUT2D eigenvalue weighted by Crippen LogP contribution is -2.24. The summed E-state index contributed by atoms with van der Waals surface area (Å²) in [6.07, 6.45) is 0.0367. The second kappa shape index (κ2) is 7.45. The molecular weight excluding hydrogens is 376 g/mol. The highest BCUT2D eigenvalue weighted by Crippen LogP contribution is 2.36. The third-order valence-corrected chi connectivity index (χ3v) is 6.02. The van der Waals surface area contributed by atoms with Gasteiger partial charge in [0, 0.05) is 12.8 Å². The molecule has 2 aromatic carbocycles. The Hall–Kier alpha value is -3.40. The van der Waals surface area contributed by atoms with Gasteiger partial charge in [0.05, 0.1) is 29.9 Å². The highest BCUT2D eigenvalue weighted by Gasteiger charge is 2.33. The molecule has 4 N–H and O–H groups in total. The molecule has 2 aliphatic rings. The zero-order valence-corrected chi connectivity index (χ0v) is 16.3.